The molecule has 23 heavy (non-hydrogen) atoms. The van der Waals surface area contributed by atoms with Crippen LogP contribution in [-0.2, 0) is 0 Å². The smallest absolute Gasteiger partial charge is 0.278 e. The minimum absolute atomic E-state index is 0.0924. The topological polar surface area (TPSA) is 107 Å². The largest absolute Gasteiger partial charge is 0.382 e. The summed E-state index contributed by atoms with van der Waals surface area (Å²) in [5, 5.41) is 2.73. The third-order valence-electron chi connectivity index (χ3n) is 3.14. The van der Waals surface area contributed by atoms with E-state index in [4.69, 9.17) is 5.73 Å². The fourth-order valence-electron chi connectivity index (χ4n) is 2.00. The van der Waals surface area contributed by atoms with Crippen molar-refractivity contribution in [2.45, 2.75) is 6.92 Å². The van der Waals surface area contributed by atoms with Crippen molar-refractivity contribution in [3.63, 3.8) is 0 Å². The molecule has 7 nitrogen and oxygen atoms in total. The summed E-state index contributed by atoms with van der Waals surface area (Å²) in [6.45, 7) is 1.91. The molecule has 114 valence electrons. The molecule has 3 aromatic rings. The highest BCUT2D eigenvalue weighted by molar-refractivity contribution is 6.05. The van der Waals surface area contributed by atoms with Gasteiger partial charge in [-0.05, 0) is 37.3 Å². The minimum Gasteiger partial charge on any atom is -0.382 e. The monoisotopic (exact) mass is 306 g/mol. The van der Waals surface area contributed by atoms with Crippen LogP contribution in [0.3, 0.4) is 0 Å². The lowest BCUT2D eigenvalue weighted by Gasteiger charge is -2.07. The molecule has 0 aliphatic carbocycles. The van der Waals surface area contributed by atoms with E-state index in [0.29, 0.717) is 11.5 Å². The van der Waals surface area contributed by atoms with Gasteiger partial charge in [0.05, 0.1) is 0 Å². The summed E-state index contributed by atoms with van der Waals surface area (Å²) in [5.41, 5.74) is 8.12. The Hall–Kier alpha value is -3.35. The molecule has 1 aromatic carbocycles. The maximum Gasteiger partial charge on any atom is 0.278 e. The van der Waals surface area contributed by atoms with Crippen molar-refractivity contribution in [2.24, 2.45) is 0 Å². The molecule has 0 radical (unpaired) electrons. The van der Waals surface area contributed by atoms with Crippen LogP contribution >= 0.6 is 0 Å². The number of rotatable bonds is 3. The Morgan fingerprint density at radius 1 is 1.00 bits per heavy atom. The van der Waals surface area contributed by atoms with E-state index in [-0.39, 0.29) is 11.5 Å². The van der Waals surface area contributed by atoms with Crippen LogP contribution in [0.15, 0.2) is 48.9 Å². The van der Waals surface area contributed by atoms with Crippen LogP contribution in [0, 0.1) is 6.92 Å². The molecule has 3 rings (SSSR count). The number of nitrogens with zero attached hydrogens (tertiary/aromatic N) is 4. The van der Waals surface area contributed by atoms with Crippen molar-refractivity contribution in [1.82, 2.24) is 19.9 Å². The number of nitrogens with two attached hydrogens (primary N) is 1. The standard InChI is InChI=1S/C16H14N6O/c1-10-6-7-20-15(21-10)11-2-4-12(5-3-11)22-16(23)13-14(17)19-9-8-18-13/h2-9H,1H3,(H2,17,19)(H,22,23). The van der Waals surface area contributed by atoms with E-state index in [9.17, 15) is 4.79 Å². The first-order valence-electron chi connectivity index (χ1n) is 6.91. The molecule has 2 heterocycles. The zero-order chi connectivity index (χ0) is 16.2. The molecule has 0 bridgehead atoms. The van der Waals surface area contributed by atoms with E-state index in [1.54, 1.807) is 18.3 Å². The van der Waals surface area contributed by atoms with E-state index in [0.717, 1.165) is 11.3 Å². The van der Waals surface area contributed by atoms with Gasteiger partial charge in [0.15, 0.2) is 17.3 Å². The van der Waals surface area contributed by atoms with Gasteiger partial charge in [-0.3, -0.25) is 4.79 Å². The van der Waals surface area contributed by atoms with E-state index in [1.807, 2.05) is 25.1 Å². The number of carbonyl (C=O) groups excluding carboxylic acids is 1. The van der Waals surface area contributed by atoms with Gasteiger partial charge in [0, 0.05) is 35.5 Å². The predicted octanol–water partition coefficient (Wildman–Crippen LogP) is 2.08. The van der Waals surface area contributed by atoms with Crippen molar-refractivity contribution >= 4 is 17.4 Å². The molecule has 1 amide bonds. The third kappa shape index (κ3) is 3.29. The number of aryl methyl sites for hydroxylation is 1. The lowest BCUT2D eigenvalue weighted by molar-refractivity contribution is 0.102. The number of hydrogen-bond donors (Lipinski definition) is 2. The summed E-state index contributed by atoms with van der Waals surface area (Å²) in [4.78, 5) is 28.5. The summed E-state index contributed by atoms with van der Waals surface area (Å²) < 4.78 is 0. The number of aromatic nitrogens is 4. The Morgan fingerprint density at radius 2 is 1.74 bits per heavy atom. The Kier molecular flexibility index (Phi) is 3.92. The SMILES string of the molecule is Cc1ccnc(-c2ccc(NC(=O)c3nccnc3N)cc2)n1. The van der Waals surface area contributed by atoms with Gasteiger partial charge < -0.3 is 11.1 Å². The molecule has 0 spiro atoms. The first-order chi connectivity index (χ1) is 11.1. The zero-order valence-corrected chi connectivity index (χ0v) is 12.4. The summed E-state index contributed by atoms with van der Waals surface area (Å²) in [7, 11) is 0. The van der Waals surface area contributed by atoms with E-state index in [1.165, 1.54) is 12.4 Å². The maximum atomic E-state index is 12.1. The first-order valence-corrected chi connectivity index (χ1v) is 6.91. The lowest BCUT2D eigenvalue weighted by atomic mass is 10.2. The molecule has 2 aromatic heterocycles. The van der Waals surface area contributed by atoms with Crippen LogP contribution in [0.2, 0.25) is 0 Å². The molecule has 0 aliphatic heterocycles. The number of benzene rings is 1. The Morgan fingerprint density at radius 3 is 2.43 bits per heavy atom. The minimum atomic E-state index is -0.407. The maximum absolute atomic E-state index is 12.1. The number of amides is 1. The molecule has 7 heteroatoms. The van der Waals surface area contributed by atoms with Crippen LogP contribution < -0.4 is 11.1 Å². The van der Waals surface area contributed by atoms with Crippen molar-refractivity contribution in [2.75, 3.05) is 11.1 Å². The normalized spacial score (nSPS) is 10.3. The average Bonchev–Trinajstić information content (AvgIpc) is 2.56. The second-order valence-electron chi connectivity index (χ2n) is 4.84. The molecule has 0 aliphatic rings. The van der Waals surface area contributed by atoms with E-state index in [2.05, 4.69) is 25.3 Å². The van der Waals surface area contributed by atoms with Crippen molar-refractivity contribution in [1.29, 1.82) is 0 Å². The fourth-order valence-corrected chi connectivity index (χ4v) is 2.00. The quantitative estimate of drug-likeness (QED) is 0.767. The number of anilines is 2. The van der Waals surface area contributed by atoms with Gasteiger partial charge in [0.1, 0.15) is 0 Å². The second-order valence-corrected chi connectivity index (χ2v) is 4.84. The Bertz CT molecular complexity index is 847. The highest BCUT2D eigenvalue weighted by Gasteiger charge is 2.12. The Labute approximate surface area is 132 Å². The average molecular weight is 306 g/mol. The summed E-state index contributed by atoms with van der Waals surface area (Å²) in [5.74, 6) is 0.325. The number of hydrogen-bond acceptors (Lipinski definition) is 6. The van der Waals surface area contributed by atoms with Gasteiger partial charge in [-0.1, -0.05) is 0 Å². The first kappa shape index (κ1) is 14.6. The molecule has 0 saturated heterocycles. The highest BCUT2D eigenvalue weighted by atomic mass is 16.1. The van der Waals surface area contributed by atoms with Crippen LogP contribution in [0.5, 0.6) is 0 Å². The summed E-state index contributed by atoms with van der Waals surface area (Å²) in [6, 6.07) is 9.05. The molecular formula is C16H14N6O. The van der Waals surface area contributed by atoms with Crippen LogP contribution in [-0.4, -0.2) is 25.8 Å². The lowest BCUT2D eigenvalue weighted by Crippen LogP contribution is -2.16. The van der Waals surface area contributed by atoms with Crippen LogP contribution in [0.1, 0.15) is 16.2 Å². The molecular weight excluding hydrogens is 292 g/mol. The van der Waals surface area contributed by atoms with Crippen molar-refractivity contribution in [3.05, 3.63) is 60.3 Å². The zero-order valence-electron chi connectivity index (χ0n) is 12.4. The van der Waals surface area contributed by atoms with Crippen LogP contribution in [0.25, 0.3) is 11.4 Å². The van der Waals surface area contributed by atoms with Crippen molar-refractivity contribution in [3.8, 4) is 11.4 Å². The fraction of sp³-hybridized carbons (Fsp3) is 0.0625. The van der Waals surface area contributed by atoms with Crippen LogP contribution in [0.4, 0.5) is 11.5 Å². The molecule has 0 unspecified atom stereocenters. The number of carbonyl (C=O) groups is 1. The van der Waals surface area contributed by atoms with Gasteiger partial charge in [0.2, 0.25) is 0 Å². The number of nitrogens with one attached hydrogen (secondary N) is 1. The summed E-state index contributed by atoms with van der Waals surface area (Å²) in [6.07, 6.45) is 4.57. The molecule has 0 atom stereocenters. The third-order valence-corrected chi connectivity index (χ3v) is 3.14. The molecule has 3 N–H and O–H groups in total. The van der Waals surface area contributed by atoms with E-state index < -0.39 is 5.91 Å². The van der Waals surface area contributed by atoms with Crippen molar-refractivity contribution < 1.29 is 4.79 Å². The summed E-state index contributed by atoms with van der Waals surface area (Å²) >= 11 is 0. The number of nitrogen functional groups attached to an aromatic ring is 1. The van der Waals surface area contributed by atoms with Gasteiger partial charge in [0.25, 0.3) is 5.91 Å². The van der Waals surface area contributed by atoms with Gasteiger partial charge in [-0.2, -0.15) is 0 Å². The Balaban J connectivity index is 1.78. The molecule has 0 saturated carbocycles. The molecule has 0 fully saturated rings. The second kappa shape index (κ2) is 6.18. The highest BCUT2D eigenvalue weighted by Crippen LogP contribution is 2.18. The van der Waals surface area contributed by atoms with Gasteiger partial charge >= 0.3 is 0 Å². The predicted molar refractivity (Wildman–Crippen MR) is 86.6 cm³/mol. The van der Waals surface area contributed by atoms with Gasteiger partial charge in [-0.15, -0.1) is 0 Å². The van der Waals surface area contributed by atoms with Gasteiger partial charge in [-0.25, -0.2) is 19.9 Å². The van der Waals surface area contributed by atoms with E-state index >= 15 is 0 Å².